The van der Waals surface area contributed by atoms with Gasteiger partial charge in [0, 0.05) is 13.1 Å². The van der Waals surface area contributed by atoms with Crippen molar-refractivity contribution < 1.29 is 23.1 Å². The molecule has 0 radical (unpaired) electrons. The van der Waals surface area contributed by atoms with Crippen molar-refractivity contribution in [3.63, 3.8) is 0 Å². The van der Waals surface area contributed by atoms with E-state index < -0.39 is 23.3 Å². The van der Waals surface area contributed by atoms with Crippen molar-refractivity contribution >= 4 is 5.91 Å². The van der Waals surface area contributed by atoms with Gasteiger partial charge in [-0.05, 0) is 25.5 Å². The van der Waals surface area contributed by atoms with E-state index in [4.69, 9.17) is 5.11 Å². The summed E-state index contributed by atoms with van der Waals surface area (Å²) >= 11 is 0. The van der Waals surface area contributed by atoms with Gasteiger partial charge in [0.25, 0.3) is 5.91 Å². The lowest BCUT2D eigenvalue weighted by molar-refractivity contribution is -0.143. The Bertz CT molecular complexity index is 726. The number of aliphatic hydroxyl groups excluding tert-OH is 1. The van der Waals surface area contributed by atoms with E-state index in [2.05, 4.69) is 5.10 Å². The first-order valence-electron chi connectivity index (χ1n) is 7.42. The second kappa shape index (κ2) is 7.04. The second-order valence-corrected chi connectivity index (χ2v) is 5.21. The lowest BCUT2D eigenvalue weighted by atomic mass is 10.1. The van der Waals surface area contributed by atoms with Crippen molar-refractivity contribution in [3.8, 4) is 5.69 Å². The van der Waals surface area contributed by atoms with Gasteiger partial charge in [0.05, 0.1) is 24.1 Å². The number of likely N-dealkylation sites (N-methyl/N-ethyl adjacent to an activating group) is 1. The Morgan fingerprint density at radius 2 is 2.00 bits per heavy atom. The zero-order valence-electron chi connectivity index (χ0n) is 13.3. The van der Waals surface area contributed by atoms with E-state index in [1.165, 1.54) is 6.07 Å². The van der Waals surface area contributed by atoms with Gasteiger partial charge in [-0.1, -0.05) is 18.2 Å². The fourth-order valence-corrected chi connectivity index (χ4v) is 2.46. The van der Waals surface area contributed by atoms with E-state index in [-0.39, 0.29) is 25.4 Å². The number of carbonyl (C=O) groups excluding carboxylic acids is 1. The summed E-state index contributed by atoms with van der Waals surface area (Å²) in [5.41, 5.74) is -0.777. The fourth-order valence-electron chi connectivity index (χ4n) is 2.46. The summed E-state index contributed by atoms with van der Waals surface area (Å²) in [7, 11) is 0. The maximum Gasteiger partial charge on any atom is 0.434 e. The molecule has 0 spiro atoms. The Labute approximate surface area is 137 Å². The maximum absolute atomic E-state index is 13.6. The molecule has 0 saturated carbocycles. The number of hydrogen-bond donors (Lipinski definition) is 1. The molecular weight excluding hydrogens is 323 g/mol. The molecule has 0 unspecified atom stereocenters. The minimum atomic E-state index is -4.75. The van der Waals surface area contributed by atoms with E-state index in [1.54, 1.807) is 32.0 Å². The molecule has 0 atom stereocenters. The Morgan fingerprint density at radius 3 is 2.54 bits per heavy atom. The molecule has 0 bridgehead atoms. The third kappa shape index (κ3) is 3.43. The van der Waals surface area contributed by atoms with E-state index in [0.717, 1.165) is 15.8 Å². The Balaban J connectivity index is 2.60. The first-order valence-corrected chi connectivity index (χ1v) is 7.42. The predicted molar refractivity (Wildman–Crippen MR) is 82.0 cm³/mol. The van der Waals surface area contributed by atoms with Crippen LogP contribution in [0.15, 0.2) is 30.5 Å². The van der Waals surface area contributed by atoms with Crippen LogP contribution in [-0.2, 0) is 6.18 Å². The van der Waals surface area contributed by atoms with Crippen LogP contribution < -0.4 is 0 Å². The topological polar surface area (TPSA) is 58.4 Å². The van der Waals surface area contributed by atoms with Crippen LogP contribution in [0.2, 0.25) is 0 Å². The van der Waals surface area contributed by atoms with Crippen molar-refractivity contribution in [1.82, 2.24) is 14.7 Å². The Hall–Kier alpha value is -2.35. The summed E-state index contributed by atoms with van der Waals surface area (Å²) < 4.78 is 41.5. The highest BCUT2D eigenvalue weighted by Gasteiger charge is 2.41. The highest BCUT2D eigenvalue weighted by atomic mass is 19.4. The summed E-state index contributed by atoms with van der Waals surface area (Å²) in [6.45, 7) is 3.12. The van der Waals surface area contributed by atoms with Gasteiger partial charge in [-0.2, -0.15) is 18.3 Å². The molecule has 0 aliphatic heterocycles. The average molecular weight is 341 g/mol. The van der Waals surface area contributed by atoms with Gasteiger partial charge < -0.3 is 10.0 Å². The van der Waals surface area contributed by atoms with Gasteiger partial charge in [0.1, 0.15) is 0 Å². The summed E-state index contributed by atoms with van der Waals surface area (Å²) in [6.07, 6.45) is -3.82. The summed E-state index contributed by atoms with van der Waals surface area (Å²) in [6, 6.07) is 6.50. The molecule has 1 aromatic carbocycles. The summed E-state index contributed by atoms with van der Waals surface area (Å²) in [5.74, 6) is -0.807. The third-order valence-corrected chi connectivity index (χ3v) is 3.65. The van der Waals surface area contributed by atoms with Crippen LogP contribution in [0, 0.1) is 6.92 Å². The van der Waals surface area contributed by atoms with E-state index in [0.29, 0.717) is 5.56 Å². The van der Waals surface area contributed by atoms with Crippen molar-refractivity contribution in [2.24, 2.45) is 0 Å². The molecule has 0 aliphatic rings. The highest BCUT2D eigenvalue weighted by Crippen LogP contribution is 2.34. The van der Waals surface area contributed by atoms with E-state index in [9.17, 15) is 18.0 Å². The van der Waals surface area contributed by atoms with Crippen molar-refractivity contribution in [2.75, 3.05) is 19.7 Å². The maximum atomic E-state index is 13.6. The SMILES string of the molecule is CCN(CCO)C(=O)c1cnn(-c2ccccc2C)c1C(F)(F)F. The normalized spacial score (nSPS) is 11.6. The van der Waals surface area contributed by atoms with Gasteiger partial charge in [-0.25, -0.2) is 4.68 Å². The molecule has 8 heteroatoms. The third-order valence-electron chi connectivity index (χ3n) is 3.65. The molecular formula is C16H18F3N3O2. The van der Waals surface area contributed by atoms with Gasteiger partial charge in [0.2, 0.25) is 0 Å². The van der Waals surface area contributed by atoms with Crippen LogP contribution in [0.1, 0.15) is 28.5 Å². The number of rotatable bonds is 5. The number of halogens is 3. The van der Waals surface area contributed by atoms with Crippen molar-refractivity contribution in [3.05, 3.63) is 47.3 Å². The number of amides is 1. The lowest BCUT2D eigenvalue weighted by Crippen LogP contribution is -2.34. The zero-order valence-corrected chi connectivity index (χ0v) is 13.3. The molecule has 5 nitrogen and oxygen atoms in total. The average Bonchev–Trinajstić information content (AvgIpc) is 2.97. The Morgan fingerprint density at radius 1 is 1.33 bits per heavy atom. The minimum Gasteiger partial charge on any atom is -0.395 e. The quantitative estimate of drug-likeness (QED) is 0.910. The smallest absolute Gasteiger partial charge is 0.395 e. The van der Waals surface area contributed by atoms with Crippen LogP contribution in [0.3, 0.4) is 0 Å². The first kappa shape index (κ1) is 18.0. The van der Waals surface area contributed by atoms with Crippen LogP contribution in [-0.4, -0.2) is 45.4 Å². The second-order valence-electron chi connectivity index (χ2n) is 5.21. The summed E-state index contributed by atoms with van der Waals surface area (Å²) in [4.78, 5) is 13.6. The first-order chi connectivity index (χ1) is 11.3. The molecule has 0 fully saturated rings. The van der Waals surface area contributed by atoms with E-state index in [1.807, 2.05) is 0 Å². The van der Waals surface area contributed by atoms with Gasteiger partial charge in [-0.15, -0.1) is 0 Å². The van der Waals surface area contributed by atoms with Crippen LogP contribution >= 0.6 is 0 Å². The molecule has 0 aliphatic carbocycles. The number of benzene rings is 1. The predicted octanol–water partition coefficient (Wildman–Crippen LogP) is 2.65. The van der Waals surface area contributed by atoms with Crippen LogP contribution in [0.25, 0.3) is 5.69 Å². The van der Waals surface area contributed by atoms with Crippen molar-refractivity contribution in [1.29, 1.82) is 0 Å². The molecule has 2 rings (SSSR count). The van der Waals surface area contributed by atoms with Gasteiger partial charge in [-0.3, -0.25) is 4.79 Å². The fraction of sp³-hybridized carbons (Fsp3) is 0.375. The Kier molecular flexibility index (Phi) is 5.28. The highest BCUT2D eigenvalue weighted by molar-refractivity contribution is 5.95. The molecule has 130 valence electrons. The number of hydrogen-bond acceptors (Lipinski definition) is 3. The van der Waals surface area contributed by atoms with Gasteiger partial charge in [0.15, 0.2) is 5.69 Å². The molecule has 24 heavy (non-hydrogen) atoms. The number of para-hydroxylation sites is 1. The number of aryl methyl sites for hydroxylation is 1. The van der Waals surface area contributed by atoms with E-state index >= 15 is 0 Å². The van der Waals surface area contributed by atoms with Crippen molar-refractivity contribution in [2.45, 2.75) is 20.0 Å². The largest absolute Gasteiger partial charge is 0.434 e. The molecule has 1 N–H and O–H groups in total. The number of alkyl halides is 3. The molecule has 2 aromatic rings. The zero-order chi connectivity index (χ0) is 17.9. The molecule has 1 heterocycles. The monoisotopic (exact) mass is 341 g/mol. The molecule has 1 aromatic heterocycles. The van der Waals surface area contributed by atoms with Crippen LogP contribution in [0.5, 0.6) is 0 Å². The minimum absolute atomic E-state index is 0.0395. The lowest BCUT2D eigenvalue weighted by Gasteiger charge is -2.20. The summed E-state index contributed by atoms with van der Waals surface area (Å²) in [5, 5.41) is 12.8. The number of nitrogens with zero attached hydrogens (tertiary/aromatic N) is 3. The number of aliphatic hydroxyl groups is 1. The number of aromatic nitrogens is 2. The van der Waals surface area contributed by atoms with Gasteiger partial charge >= 0.3 is 6.18 Å². The number of carbonyl (C=O) groups is 1. The standard InChI is InChI=1S/C16H18F3N3O2/c1-3-21(8-9-23)15(24)12-10-20-22(14(12)16(17,18)19)13-7-5-4-6-11(13)2/h4-7,10,23H,3,8-9H2,1-2H3. The molecule has 0 saturated heterocycles. The van der Waals surface area contributed by atoms with Crippen LogP contribution in [0.4, 0.5) is 13.2 Å². The molecule has 1 amide bonds.